The Kier molecular flexibility index (Phi) is 3.60. The Balaban J connectivity index is 2.56. The SMILES string of the molecule is Cn1ncc(Cl)c1C(NN)c1cccc(F)c1F. The third-order valence-electron chi connectivity index (χ3n) is 2.67. The minimum Gasteiger partial charge on any atom is -0.271 e. The maximum Gasteiger partial charge on any atom is 0.164 e. The maximum atomic E-state index is 13.8. The van der Waals surface area contributed by atoms with Gasteiger partial charge < -0.3 is 0 Å². The molecule has 0 saturated heterocycles. The second kappa shape index (κ2) is 5.01. The molecule has 96 valence electrons. The third kappa shape index (κ3) is 2.10. The summed E-state index contributed by atoms with van der Waals surface area (Å²) < 4.78 is 28.4. The quantitative estimate of drug-likeness (QED) is 0.663. The molecule has 7 heteroatoms. The number of hydrogen-bond donors (Lipinski definition) is 2. The number of hydrazine groups is 1. The summed E-state index contributed by atoms with van der Waals surface area (Å²) in [4.78, 5) is 0. The van der Waals surface area contributed by atoms with E-state index >= 15 is 0 Å². The van der Waals surface area contributed by atoms with E-state index in [2.05, 4.69) is 10.5 Å². The number of nitrogens with one attached hydrogen (secondary N) is 1. The molecule has 1 aromatic carbocycles. The molecule has 0 bridgehead atoms. The van der Waals surface area contributed by atoms with Crippen LogP contribution in [0.2, 0.25) is 5.02 Å². The second-order valence-corrected chi connectivity index (χ2v) is 4.15. The van der Waals surface area contributed by atoms with E-state index in [1.807, 2.05) is 0 Å². The Bertz CT molecular complexity index is 551. The molecule has 0 saturated carbocycles. The number of rotatable bonds is 3. The van der Waals surface area contributed by atoms with Crippen molar-refractivity contribution in [2.45, 2.75) is 6.04 Å². The fraction of sp³-hybridized carbons (Fsp3) is 0.182. The van der Waals surface area contributed by atoms with Gasteiger partial charge >= 0.3 is 0 Å². The van der Waals surface area contributed by atoms with Gasteiger partial charge in [0.1, 0.15) is 0 Å². The van der Waals surface area contributed by atoms with Gasteiger partial charge in [0.05, 0.1) is 23.0 Å². The summed E-state index contributed by atoms with van der Waals surface area (Å²) in [6.07, 6.45) is 1.42. The van der Waals surface area contributed by atoms with Crippen LogP contribution in [0.15, 0.2) is 24.4 Å². The largest absolute Gasteiger partial charge is 0.271 e. The zero-order chi connectivity index (χ0) is 13.3. The predicted octanol–water partition coefficient (Wildman–Crippen LogP) is 1.90. The van der Waals surface area contributed by atoms with Crippen LogP contribution in [-0.4, -0.2) is 9.78 Å². The van der Waals surface area contributed by atoms with Gasteiger partial charge in [0.15, 0.2) is 11.6 Å². The van der Waals surface area contributed by atoms with Crippen LogP contribution in [0.5, 0.6) is 0 Å². The van der Waals surface area contributed by atoms with Gasteiger partial charge in [-0.2, -0.15) is 5.10 Å². The van der Waals surface area contributed by atoms with Crippen LogP contribution < -0.4 is 11.3 Å². The highest BCUT2D eigenvalue weighted by molar-refractivity contribution is 6.31. The monoisotopic (exact) mass is 272 g/mol. The lowest BCUT2D eigenvalue weighted by atomic mass is 10.0. The smallest absolute Gasteiger partial charge is 0.164 e. The van der Waals surface area contributed by atoms with Crippen molar-refractivity contribution in [1.82, 2.24) is 15.2 Å². The number of nitrogens with two attached hydrogens (primary N) is 1. The number of aromatic nitrogens is 2. The molecule has 1 atom stereocenters. The van der Waals surface area contributed by atoms with E-state index in [1.165, 1.54) is 23.0 Å². The normalized spacial score (nSPS) is 12.7. The first-order chi connectivity index (χ1) is 8.56. The average Bonchev–Trinajstić information content (AvgIpc) is 2.67. The van der Waals surface area contributed by atoms with Crippen LogP contribution in [0.3, 0.4) is 0 Å². The summed E-state index contributed by atoms with van der Waals surface area (Å²) >= 11 is 5.97. The first-order valence-electron chi connectivity index (χ1n) is 5.13. The van der Waals surface area contributed by atoms with Gasteiger partial charge in [-0.25, -0.2) is 14.2 Å². The minimum atomic E-state index is -0.960. The summed E-state index contributed by atoms with van der Waals surface area (Å²) in [5.74, 6) is 3.51. The van der Waals surface area contributed by atoms with E-state index in [9.17, 15) is 8.78 Å². The molecule has 2 aromatic rings. The summed E-state index contributed by atoms with van der Waals surface area (Å²) in [6, 6.07) is 3.10. The Morgan fingerprint density at radius 1 is 1.44 bits per heavy atom. The molecule has 2 rings (SSSR count). The van der Waals surface area contributed by atoms with Crippen LogP contribution in [0, 0.1) is 11.6 Å². The van der Waals surface area contributed by atoms with Gasteiger partial charge in [0.2, 0.25) is 0 Å². The van der Waals surface area contributed by atoms with Crippen molar-refractivity contribution in [1.29, 1.82) is 0 Å². The van der Waals surface area contributed by atoms with Crippen molar-refractivity contribution >= 4 is 11.6 Å². The van der Waals surface area contributed by atoms with E-state index in [-0.39, 0.29) is 5.56 Å². The summed E-state index contributed by atoms with van der Waals surface area (Å²) in [5, 5.41) is 4.26. The highest BCUT2D eigenvalue weighted by Gasteiger charge is 2.24. The topological polar surface area (TPSA) is 55.9 Å². The summed E-state index contributed by atoms with van der Waals surface area (Å²) in [6.45, 7) is 0. The van der Waals surface area contributed by atoms with E-state index in [0.29, 0.717) is 10.7 Å². The van der Waals surface area contributed by atoms with E-state index in [0.717, 1.165) is 6.07 Å². The molecule has 0 amide bonds. The number of nitrogens with zero attached hydrogens (tertiary/aromatic N) is 2. The summed E-state index contributed by atoms with van der Waals surface area (Å²) in [7, 11) is 1.64. The second-order valence-electron chi connectivity index (χ2n) is 3.74. The van der Waals surface area contributed by atoms with Crippen LogP contribution >= 0.6 is 11.6 Å². The number of benzene rings is 1. The lowest BCUT2D eigenvalue weighted by Gasteiger charge is -2.18. The zero-order valence-electron chi connectivity index (χ0n) is 9.49. The maximum absolute atomic E-state index is 13.8. The van der Waals surface area contributed by atoms with E-state index < -0.39 is 17.7 Å². The Hall–Kier alpha value is -1.50. The van der Waals surface area contributed by atoms with Gasteiger partial charge in [-0.3, -0.25) is 10.5 Å². The molecule has 0 radical (unpaired) electrons. The number of hydrogen-bond acceptors (Lipinski definition) is 3. The first-order valence-corrected chi connectivity index (χ1v) is 5.51. The number of aryl methyl sites for hydroxylation is 1. The van der Waals surface area contributed by atoms with Gasteiger partial charge in [0.25, 0.3) is 0 Å². The molecular formula is C11H11ClF2N4. The molecule has 18 heavy (non-hydrogen) atoms. The Labute approximate surface area is 107 Å². The van der Waals surface area contributed by atoms with Crippen LogP contribution in [0.1, 0.15) is 17.3 Å². The van der Waals surface area contributed by atoms with Crippen molar-refractivity contribution in [2.75, 3.05) is 0 Å². The highest BCUT2D eigenvalue weighted by atomic mass is 35.5. The molecule has 1 heterocycles. The molecule has 3 N–H and O–H groups in total. The molecule has 0 fully saturated rings. The van der Waals surface area contributed by atoms with Crippen LogP contribution in [-0.2, 0) is 7.05 Å². The standard InChI is InChI=1S/C11H11ClF2N4/c1-18-11(7(12)5-16-18)10(17-15)6-3-2-4-8(13)9(6)14/h2-5,10,17H,15H2,1H3. The molecule has 4 nitrogen and oxygen atoms in total. The Morgan fingerprint density at radius 3 is 2.72 bits per heavy atom. The van der Waals surface area contributed by atoms with E-state index in [1.54, 1.807) is 7.05 Å². The Morgan fingerprint density at radius 2 is 2.17 bits per heavy atom. The summed E-state index contributed by atoms with van der Waals surface area (Å²) in [5.41, 5.74) is 2.95. The van der Waals surface area contributed by atoms with Crippen molar-refractivity contribution in [3.05, 3.63) is 52.3 Å². The van der Waals surface area contributed by atoms with Gasteiger partial charge in [-0.15, -0.1) is 0 Å². The third-order valence-corrected chi connectivity index (χ3v) is 2.96. The van der Waals surface area contributed by atoms with Gasteiger partial charge in [0, 0.05) is 12.6 Å². The number of halogens is 3. The molecule has 1 aromatic heterocycles. The van der Waals surface area contributed by atoms with Gasteiger partial charge in [-0.05, 0) is 6.07 Å². The van der Waals surface area contributed by atoms with Crippen LogP contribution in [0.4, 0.5) is 8.78 Å². The molecular weight excluding hydrogens is 262 g/mol. The lowest BCUT2D eigenvalue weighted by Crippen LogP contribution is -2.31. The fourth-order valence-corrected chi connectivity index (χ4v) is 2.08. The molecule has 0 aliphatic carbocycles. The molecule has 0 aliphatic heterocycles. The molecule has 0 aliphatic rings. The fourth-order valence-electron chi connectivity index (χ4n) is 1.80. The first kappa shape index (κ1) is 12.9. The van der Waals surface area contributed by atoms with Crippen molar-refractivity contribution in [3.8, 4) is 0 Å². The van der Waals surface area contributed by atoms with Gasteiger partial charge in [-0.1, -0.05) is 23.7 Å². The molecule has 0 spiro atoms. The average molecular weight is 273 g/mol. The predicted molar refractivity (Wildman–Crippen MR) is 63.7 cm³/mol. The van der Waals surface area contributed by atoms with E-state index in [4.69, 9.17) is 17.4 Å². The lowest BCUT2D eigenvalue weighted by molar-refractivity contribution is 0.476. The highest BCUT2D eigenvalue weighted by Crippen LogP contribution is 2.29. The van der Waals surface area contributed by atoms with Crippen molar-refractivity contribution in [3.63, 3.8) is 0 Å². The minimum absolute atomic E-state index is 0.0722. The molecule has 1 unspecified atom stereocenters. The van der Waals surface area contributed by atoms with Crippen LogP contribution in [0.25, 0.3) is 0 Å². The van der Waals surface area contributed by atoms with Crippen molar-refractivity contribution in [2.24, 2.45) is 12.9 Å². The zero-order valence-corrected chi connectivity index (χ0v) is 10.2. The van der Waals surface area contributed by atoms with Crippen molar-refractivity contribution < 1.29 is 8.78 Å².